The Morgan fingerprint density at radius 3 is 2.70 bits per heavy atom. The molecule has 2 rings (SSSR count). The number of rotatable bonds is 8. The van der Waals surface area contributed by atoms with E-state index in [9.17, 15) is 0 Å². The van der Waals surface area contributed by atoms with E-state index in [2.05, 4.69) is 46.8 Å². The molecule has 1 aliphatic heterocycles. The highest BCUT2D eigenvalue weighted by Gasteiger charge is 2.24. The number of aryl methyl sites for hydroxylation is 1. The second-order valence-electron chi connectivity index (χ2n) is 6.23. The molecule has 1 fully saturated rings. The van der Waals surface area contributed by atoms with Crippen molar-refractivity contribution < 1.29 is 0 Å². The summed E-state index contributed by atoms with van der Waals surface area (Å²) in [6, 6.07) is 2.79. The van der Waals surface area contributed by atoms with Crippen LogP contribution < -0.4 is 5.32 Å². The summed E-state index contributed by atoms with van der Waals surface area (Å²) in [7, 11) is 0. The lowest BCUT2D eigenvalue weighted by Crippen LogP contribution is -2.44. The predicted molar refractivity (Wildman–Crippen MR) is 83.7 cm³/mol. The van der Waals surface area contributed by atoms with Gasteiger partial charge in [-0.05, 0) is 44.3 Å². The van der Waals surface area contributed by atoms with Crippen LogP contribution in [0.15, 0.2) is 12.3 Å². The summed E-state index contributed by atoms with van der Waals surface area (Å²) >= 11 is 0. The first-order valence-electron chi connectivity index (χ1n) is 8.17. The molecule has 0 saturated carbocycles. The third-order valence-electron chi connectivity index (χ3n) is 4.28. The zero-order valence-corrected chi connectivity index (χ0v) is 13.3. The van der Waals surface area contributed by atoms with Crippen molar-refractivity contribution in [3.63, 3.8) is 0 Å². The molecule has 0 aromatic carbocycles. The van der Waals surface area contributed by atoms with Crippen LogP contribution in [-0.2, 0) is 13.1 Å². The first kappa shape index (κ1) is 15.5. The maximum Gasteiger partial charge on any atom is 0.0522 e. The van der Waals surface area contributed by atoms with Crippen molar-refractivity contribution >= 4 is 0 Å². The highest BCUT2D eigenvalue weighted by atomic mass is 15.3. The quantitative estimate of drug-likeness (QED) is 0.793. The number of likely N-dealkylation sites (tertiary alicyclic amines) is 1. The molecule has 0 amide bonds. The lowest BCUT2D eigenvalue weighted by Gasteiger charge is -2.31. The monoisotopic (exact) mass is 278 g/mol. The second kappa shape index (κ2) is 7.79. The van der Waals surface area contributed by atoms with Gasteiger partial charge >= 0.3 is 0 Å². The van der Waals surface area contributed by atoms with Gasteiger partial charge in [0.1, 0.15) is 0 Å². The van der Waals surface area contributed by atoms with Gasteiger partial charge in [-0.3, -0.25) is 9.58 Å². The van der Waals surface area contributed by atoms with Gasteiger partial charge in [0.2, 0.25) is 0 Å². The lowest BCUT2D eigenvalue weighted by molar-refractivity contribution is 0.186. The topological polar surface area (TPSA) is 33.1 Å². The van der Waals surface area contributed by atoms with Gasteiger partial charge in [0, 0.05) is 31.9 Å². The molecule has 1 aromatic rings. The number of aromatic nitrogens is 2. The molecule has 0 bridgehead atoms. The van der Waals surface area contributed by atoms with E-state index >= 15 is 0 Å². The van der Waals surface area contributed by atoms with Crippen molar-refractivity contribution in [1.82, 2.24) is 20.0 Å². The van der Waals surface area contributed by atoms with Gasteiger partial charge in [-0.25, -0.2) is 0 Å². The number of hydrogen-bond donors (Lipinski definition) is 1. The van der Waals surface area contributed by atoms with Crippen molar-refractivity contribution in [3.8, 4) is 0 Å². The van der Waals surface area contributed by atoms with E-state index in [1.165, 1.54) is 31.6 Å². The summed E-state index contributed by atoms with van der Waals surface area (Å²) in [6.45, 7) is 12.4. The lowest BCUT2D eigenvalue weighted by atomic mass is 10.0. The molecule has 114 valence electrons. The van der Waals surface area contributed by atoms with E-state index in [1.807, 2.05) is 6.20 Å². The minimum Gasteiger partial charge on any atom is -0.310 e. The second-order valence-corrected chi connectivity index (χ2v) is 6.23. The molecule has 4 nitrogen and oxygen atoms in total. The first-order chi connectivity index (χ1) is 9.72. The minimum absolute atomic E-state index is 0.667. The zero-order chi connectivity index (χ0) is 14.4. The van der Waals surface area contributed by atoms with Crippen LogP contribution in [0.5, 0.6) is 0 Å². The van der Waals surface area contributed by atoms with Crippen molar-refractivity contribution in [2.24, 2.45) is 5.92 Å². The van der Waals surface area contributed by atoms with E-state index in [-0.39, 0.29) is 0 Å². The smallest absolute Gasteiger partial charge is 0.0522 e. The predicted octanol–water partition coefficient (Wildman–Crippen LogP) is 2.50. The fourth-order valence-corrected chi connectivity index (χ4v) is 3.13. The molecule has 0 radical (unpaired) electrons. The molecule has 1 atom stereocenters. The van der Waals surface area contributed by atoms with E-state index in [4.69, 9.17) is 0 Å². The average molecular weight is 278 g/mol. The van der Waals surface area contributed by atoms with E-state index < -0.39 is 0 Å². The van der Waals surface area contributed by atoms with Gasteiger partial charge in [0.15, 0.2) is 0 Å². The summed E-state index contributed by atoms with van der Waals surface area (Å²) in [6.07, 6.45) is 5.78. The SMILES string of the molecule is CCCn1nccc1CNCC(C(C)C)N1CCCC1. The Balaban J connectivity index is 1.82. The van der Waals surface area contributed by atoms with Crippen molar-refractivity contribution in [2.45, 2.75) is 59.2 Å². The molecular weight excluding hydrogens is 248 g/mol. The van der Waals surface area contributed by atoms with Crippen LogP contribution >= 0.6 is 0 Å². The molecule has 1 aromatic heterocycles. The molecule has 0 spiro atoms. The normalized spacial score (nSPS) is 18.0. The number of nitrogens with one attached hydrogen (secondary N) is 1. The number of hydrogen-bond acceptors (Lipinski definition) is 3. The Kier molecular flexibility index (Phi) is 6.05. The van der Waals surface area contributed by atoms with Gasteiger partial charge < -0.3 is 5.32 Å². The fraction of sp³-hybridized carbons (Fsp3) is 0.812. The van der Waals surface area contributed by atoms with Gasteiger partial charge in [-0.15, -0.1) is 0 Å². The third-order valence-corrected chi connectivity index (χ3v) is 4.28. The molecule has 1 N–H and O–H groups in total. The van der Waals surface area contributed by atoms with Crippen LogP contribution in [0.2, 0.25) is 0 Å². The maximum absolute atomic E-state index is 4.38. The Bertz CT molecular complexity index is 380. The van der Waals surface area contributed by atoms with Gasteiger partial charge in [-0.1, -0.05) is 20.8 Å². The Labute approximate surface area is 123 Å². The van der Waals surface area contributed by atoms with E-state index in [1.54, 1.807) is 0 Å². The van der Waals surface area contributed by atoms with E-state index in [0.717, 1.165) is 26.1 Å². The van der Waals surface area contributed by atoms with Crippen LogP contribution in [0.3, 0.4) is 0 Å². The maximum atomic E-state index is 4.38. The van der Waals surface area contributed by atoms with Gasteiger partial charge in [-0.2, -0.15) is 5.10 Å². The van der Waals surface area contributed by atoms with Crippen LogP contribution in [0.4, 0.5) is 0 Å². The molecule has 0 aliphatic carbocycles. The first-order valence-corrected chi connectivity index (χ1v) is 8.17. The molecular formula is C16H30N4. The summed E-state index contributed by atoms with van der Waals surface area (Å²) in [5.74, 6) is 0.709. The third kappa shape index (κ3) is 4.06. The van der Waals surface area contributed by atoms with Gasteiger partial charge in [0.25, 0.3) is 0 Å². The average Bonchev–Trinajstić information content (AvgIpc) is 3.06. The summed E-state index contributed by atoms with van der Waals surface area (Å²) in [5, 5.41) is 8.02. The summed E-state index contributed by atoms with van der Waals surface area (Å²) < 4.78 is 2.12. The van der Waals surface area contributed by atoms with Gasteiger partial charge in [0.05, 0.1) is 5.69 Å². The highest BCUT2D eigenvalue weighted by Crippen LogP contribution is 2.17. The molecule has 1 saturated heterocycles. The highest BCUT2D eigenvalue weighted by molar-refractivity contribution is 5.00. The van der Waals surface area contributed by atoms with Crippen molar-refractivity contribution in [1.29, 1.82) is 0 Å². The summed E-state index contributed by atoms with van der Waals surface area (Å²) in [4.78, 5) is 2.65. The van der Waals surface area contributed by atoms with E-state index in [0.29, 0.717) is 12.0 Å². The molecule has 2 heterocycles. The standard InChI is InChI=1S/C16H30N4/c1-4-9-20-15(7-8-18-20)12-17-13-16(14(2)3)19-10-5-6-11-19/h7-8,14,16-17H,4-6,9-13H2,1-3H3. The van der Waals surface area contributed by atoms with Crippen LogP contribution in [0.25, 0.3) is 0 Å². The largest absolute Gasteiger partial charge is 0.310 e. The minimum atomic E-state index is 0.667. The molecule has 4 heteroatoms. The Morgan fingerprint density at radius 2 is 2.05 bits per heavy atom. The fourth-order valence-electron chi connectivity index (χ4n) is 3.13. The van der Waals surface area contributed by atoms with Crippen molar-refractivity contribution in [2.75, 3.05) is 19.6 Å². The molecule has 1 unspecified atom stereocenters. The van der Waals surface area contributed by atoms with Crippen LogP contribution in [0, 0.1) is 5.92 Å². The Hall–Kier alpha value is -0.870. The zero-order valence-electron chi connectivity index (χ0n) is 13.3. The molecule has 20 heavy (non-hydrogen) atoms. The van der Waals surface area contributed by atoms with Crippen LogP contribution in [0.1, 0.15) is 45.7 Å². The molecule has 1 aliphatic rings. The summed E-state index contributed by atoms with van der Waals surface area (Å²) in [5.41, 5.74) is 1.30. The number of nitrogens with zero attached hydrogens (tertiary/aromatic N) is 3. The van der Waals surface area contributed by atoms with Crippen molar-refractivity contribution in [3.05, 3.63) is 18.0 Å². The Morgan fingerprint density at radius 1 is 1.30 bits per heavy atom. The van der Waals surface area contributed by atoms with Crippen LogP contribution in [-0.4, -0.2) is 40.4 Å².